The third-order valence-electron chi connectivity index (χ3n) is 10.5. The summed E-state index contributed by atoms with van der Waals surface area (Å²) in [6.07, 6.45) is -6.99. The fraction of sp³-hybridized carbons (Fsp3) is 0.212. The zero-order valence-corrected chi connectivity index (χ0v) is 46.9. The van der Waals surface area contributed by atoms with Crippen molar-refractivity contribution in [2.75, 3.05) is 49.2 Å². The number of aliphatic hydroxyl groups excluding tert-OH is 1. The van der Waals surface area contributed by atoms with Gasteiger partial charge in [-0.05, 0) is 126 Å². The zero-order valence-electron chi connectivity index (χ0n) is 44.5. The molecule has 0 saturated heterocycles. The Bertz CT molecular complexity index is 3520. The molecule has 4 heterocycles. The Morgan fingerprint density at radius 3 is 1.43 bits per heavy atom. The summed E-state index contributed by atoms with van der Waals surface area (Å²) in [6.45, 7) is 12.6. The van der Waals surface area contributed by atoms with Gasteiger partial charge in [0.1, 0.15) is 17.2 Å². The molecule has 30 heteroatoms. The van der Waals surface area contributed by atoms with Crippen LogP contribution in [0, 0.1) is 27.7 Å². The predicted molar refractivity (Wildman–Crippen MR) is 305 cm³/mol. The second-order valence-corrected chi connectivity index (χ2v) is 19.0. The van der Waals surface area contributed by atoms with Crippen LogP contribution in [0.5, 0.6) is 0 Å². The second-order valence-electron chi connectivity index (χ2n) is 18.1. The first-order valence-electron chi connectivity index (χ1n) is 23.8. The first kappa shape index (κ1) is 63.9. The monoisotopic (exact) mass is 1200 g/mol. The zero-order chi connectivity index (χ0) is 59.4. The minimum atomic E-state index is -4.68. The lowest BCUT2D eigenvalue weighted by Crippen LogP contribution is -2.34. The second kappa shape index (κ2) is 27.5. The molecule has 0 bridgehead atoms. The van der Waals surface area contributed by atoms with Gasteiger partial charge < -0.3 is 47.1 Å². The Morgan fingerprint density at radius 1 is 0.549 bits per heavy atom. The largest absolute Gasteiger partial charge is 0.443 e. The number of anilines is 12. The molecule has 0 unspecified atom stereocenters. The van der Waals surface area contributed by atoms with Gasteiger partial charge in [0.25, 0.3) is 0 Å². The van der Waals surface area contributed by atoms with E-state index in [9.17, 15) is 40.7 Å². The molecule has 434 valence electrons. The number of urea groups is 2. The number of halogens is 9. The average molecular weight is 1200 g/mol. The van der Waals surface area contributed by atoms with Gasteiger partial charge >= 0.3 is 30.5 Å². The van der Waals surface area contributed by atoms with Gasteiger partial charge in [-0.3, -0.25) is 10.2 Å². The molecule has 0 atom stereocenters. The molecule has 0 aliphatic rings. The number of amides is 5. The number of aromatic amines is 2. The predicted octanol–water partition coefficient (Wildman–Crippen LogP) is 14.6. The SMILES string of the molecule is CO.Cc1cc(N(C(=O)OC(C)(C)C)c2ccnc(Nc3cc(NC(=O)Nc4ccc(Cl)c(C(F)(F)F)c4)ccc3C)n2)n[nH]1.Cc1cc(Nc2ccnc(Nc3cc(NC(=O)Nc4ccc(Cl)c(C(F)(F)F)c4)ccc3C)n2)n[nH]1.Cl. The van der Waals surface area contributed by atoms with Gasteiger partial charge in [0.2, 0.25) is 11.9 Å². The smallest absolute Gasteiger partial charge is 0.422 e. The van der Waals surface area contributed by atoms with Crippen LogP contribution in [0.2, 0.25) is 10.0 Å². The van der Waals surface area contributed by atoms with Crippen LogP contribution in [0.3, 0.4) is 0 Å². The first-order chi connectivity index (χ1) is 38.1. The topological polar surface area (TPSA) is 277 Å². The number of rotatable bonds is 12. The van der Waals surface area contributed by atoms with Gasteiger partial charge in [0.05, 0.1) is 21.2 Å². The van der Waals surface area contributed by atoms with Gasteiger partial charge in [0, 0.05) is 83.2 Å². The molecule has 0 radical (unpaired) electrons. The molecule has 0 fully saturated rings. The maximum atomic E-state index is 13.2. The number of aryl methyl sites for hydroxylation is 4. The normalized spacial score (nSPS) is 11.0. The van der Waals surface area contributed by atoms with Gasteiger partial charge in [-0.15, -0.1) is 12.4 Å². The Morgan fingerprint density at radius 2 is 0.988 bits per heavy atom. The highest BCUT2D eigenvalue weighted by Gasteiger charge is 2.35. The van der Waals surface area contributed by atoms with Crippen molar-refractivity contribution in [2.24, 2.45) is 0 Å². The lowest BCUT2D eigenvalue weighted by molar-refractivity contribution is -0.138. The van der Waals surface area contributed by atoms with Crippen LogP contribution >= 0.6 is 35.6 Å². The van der Waals surface area contributed by atoms with Crippen LogP contribution in [-0.2, 0) is 17.1 Å². The van der Waals surface area contributed by atoms with Crippen molar-refractivity contribution in [3.8, 4) is 0 Å². The number of alkyl halides is 6. The minimum Gasteiger partial charge on any atom is -0.443 e. The molecule has 10 N–H and O–H groups in total. The molecule has 0 spiro atoms. The molecule has 4 aromatic carbocycles. The molecule has 8 aromatic rings. The molecule has 5 amide bonds. The van der Waals surface area contributed by atoms with Crippen LogP contribution < -0.4 is 42.1 Å². The number of nitrogens with one attached hydrogen (secondary N) is 9. The summed E-state index contributed by atoms with van der Waals surface area (Å²) in [5, 5.41) is 39.1. The van der Waals surface area contributed by atoms with E-state index in [2.05, 4.69) is 77.5 Å². The van der Waals surface area contributed by atoms with E-state index >= 15 is 0 Å². The summed E-state index contributed by atoms with van der Waals surface area (Å²) < 4.78 is 84.3. The van der Waals surface area contributed by atoms with E-state index in [4.69, 9.17) is 33.0 Å². The summed E-state index contributed by atoms with van der Waals surface area (Å²) in [5.41, 5.74) is 2.05. The Kier molecular flexibility index (Phi) is 21.4. The molecule has 4 aromatic heterocycles. The Balaban J connectivity index is 0.000000292. The Hall–Kier alpha value is -8.92. The van der Waals surface area contributed by atoms with E-state index in [1.165, 1.54) is 29.3 Å². The third kappa shape index (κ3) is 18.3. The summed E-state index contributed by atoms with van der Waals surface area (Å²) in [5.74, 6) is 2.01. The summed E-state index contributed by atoms with van der Waals surface area (Å²) >= 11 is 11.3. The number of benzene rings is 4. The number of aromatic nitrogens is 8. The van der Waals surface area contributed by atoms with Crippen LogP contribution in [0.15, 0.2) is 109 Å². The van der Waals surface area contributed by atoms with Crippen molar-refractivity contribution in [2.45, 2.75) is 66.4 Å². The minimum absolute atomic E-state index is 0. The number of carbonyl (C=O) groups excluding carboxylic acids is 3. The van der Waals surface area contributed by atoms with Crippen LogP contribution in [0.1, 0.15) is 54.4 Å². The number of hydrogen-bond donors (Lipinski definition) is 10. The van der Waals surface area contributed by atoms with Crippen molar-refractivity contribution in [1.82, 2.24) is 40.3 Å². The number of nitrogens with zero attached hydrogens (tertiary/aromatic N) is 7. The summed E-state index contributed by atoms with van der Waals surface area (Å²) in [4.78, 5) is 56.6. The van der Waals surface area contributed by atoms with E-state index in [1.54, 1.807) is 82.4 Å². The lowest BCUT2D eigenvalue weighted by Gasteiger charge is -2.25. The fourth-order valence-corrected chi connectivity index (χ4v) is 7.35. The quantitative estimate of drug-likeness (QED) is 0.0510. The van der Waals surface area contributed by atoms with Crippen molar-refractivity contribution < 1.29 is 50.6 Å². The molecule has 8 rings (SSSR count). The van der Waals surface area contributed by atoms with Gasteiger partial charge in [0.15, 0.2) is 11.6 Å². The third-order valence-corrected chi connectivity index (χ3v) is 11.2. The van der Waals surface area contributed by atoms with Crippen LogP contribution in [-0.4, -0.2) is 76.3 Å². The van der Waals surface area contributed by atoms with Gasteiger partial charge in [-0.2, -0.15) is 46.5 Å². The number of H-pyrrole nitrogens is 2. The van der Waals surface area contributed by atoms with Crippen molar-refractivity contribution >= 4 is 123 Å². The molecule has 0 aliphatic heterocycles. The van der Waals surface area contributed by atoms with Gasteiger partial charge in [-0.25, -0.2) is 29.3 Å². The number of ether oxygens (including phenoxy) is 1. The van der Waals surface area contributed by atoms with Gasteiger partial charge in [-0.1, -0.05) is 35.3 Å². The number of hydrogen-bond acceptors (Lipinski definition) is 14. The van der Waals surface area contributed by atoms with E-state index in [-0.39, 0.29) is 41.4 Å². The standard InChI is InChI=1S/C28H28ClF3N8O3.C23H20ClF3N8O.CH4O.ClH/c1-15-6-7-18(35-25(41)34-17-8-9-20(29)19(13-17)28(30,31)32)14-21(15)36-24-33-11-10-22(37-24)40(23-12-16(2)38-39-23)26(42)43-27(3,4)5;1-12-3-4-15(30-22(36)29-14-5-6-17(24)16(10-14)23(25,26)27)11-18(12)31-21-28-8-7-19(33-21)32-20-9-13(2)34-35-20;1-2;/h6-14H,1-5H3,(H,38,39)(H,33,36,37)(H2,34,35,41);3-11H,1-2H3,(H2,29,30,36)(H3,28,31,32,33,34,35);2H,1H3;1H. The van der Waals surface area contributed by atoms with Crippen molar-refractivity contribution in [3.63, 3.8) is 0 Å². The molecular formula is C52H53Cl3F6N16O5. The molecule has 82 heavy (non-hydrogen) atoms. The van der Waals surface area contributed by atoms with E-state index in [0.29, 0.717) is 40.3 Å². The summed E-state index contributed by atoms with van der Waals surface area (Å²) in [6, 6.07) is 21.4. The maximum Gasteiger partial charge on any atom is 0.422 e. The number of aliphatic hydroxyl groups is 1. The average Bonchev–Trinajstić information content (AvgIpc) is 4.01. The Labute approximate surface area is 480 Å². The fourth-order valence-electron chi connectivity index (χ4n) is 6.90. The van der Waals surface area contributed by atoms with E-state index in [1.807, 2.05) is 26.8 Å². The molecule has 0 aliphatic carbocycles. The van der Waals surface area contributed by atoms with Crippen LogP contribution in [0.25, 0.3) is 0 Å². The lowest BCUT2D eigenvalue weighted by atomic mass is 10.2. The maximum absolute atomic E-state index is 13.2. The van der Waals surface area contributed by atoms with Crippen molar-refractivity contribution in [3.05, 3.63) is 153 Å². The number of carbonyl (C=O) groups is 3. The molecule has 0 saturated carbocycles. The van der Waals surface area contributed by atoms with Crippen LogP contribution in [0.4, 0.5) is 110 Å². The molecule has 21 nitrogen and oxygen atoms in total. The van der Waals surface area contributed by atoms with E-state index in [0.717, 1.165) is 53.9 Å². The molecular weight excluding hydrogens is 1150 g/mol. The highest BCUT2D eigenvalue weighted by Crippen LogP contribution is 2.38. The highest BCUT2D eigenvalue weighted by atomic mass is 35.5. The van der Waals surface area contributed by atoms with Crippen molar-refractivity contribution in [1.29, 1.82) is 0 Å². The van der Waals surface area contributed by atoms with E-state index < -0.39 is 57.3 Å². The highest BCUT2D eigenvalue weighted by molar-refractivity contribution is 6.32. The first-order valence-corrected chi connectivity index (χ1v) is 24.5. The summed E-state index contributed by atoms with van der Waals surface area (Å²) in [7, 11) is 1.00.